The molecule has 0 saturated carbocycles. The molecule has 0 bridgehead atoms. The Balaban J connectivity index is 1.27. The molecule has 176 valence electrons. The number of carbonyl (C=O) groups excluding carboxylic acids is 2. The first-order valence-electron chi connectivity index (χ1n) is 11.5. The van der Waals surface area contributed by atoms with Crippen LogP contribution >= 0.6 is 23.2 Å². The van der Waals surface area contributed by atoms with Gasteiger partial charge in [-0.1, -0.05) is 47.5 Å². The molecule has 1 atom stereocenters. The number of hydrogen-bond donors (Lipinski definition) is 1. The van der Waals surface area contributed by atoms with Gasteiger partial charge in [-0.15, -0.1) is 0 Å². The fourth-order valence-electron chi connectivity index (χ4n) is 4.62. The van der Waals surface area contributed by atoms with Crippen molar-refractivity contribution in [3.8, 4) is 0 Å². The van der Waals surface area contributed by atoms with Crippen LogP contribution in [0, 0.1) is 0 Å². The fourth-order valence-corrected chi connectivity index (χ4v) is 5.07. The van der Waals surface area contributed by atoms with Crippen LogP contribution in [0.4, 0.5) is 0 Å². The van der Waals surface area contributed by atoms with Crippen molar-refractivity contribution < 1.29 is 9.59 Å². The van der Waals surface area contributed by atoms with Crippen molar-refractivity contribution in [1.82, 2.24) is 20.0 Å². The highest BCUT2D eigenvalue weighted by Crippen LogP contribution is 2.29. The highest BCUT2D eigenvalue weighted by atomic mass is 35.5. The molecule has 2 saturated heterocycles. The third kappa shape index (κ3) is 6.27. The maximum atomic E-state index is 12.7. The normalized spacial score (nSPS) is 18.3. The molecule has 33 heavy (non-hydrogen) atoms. The number of amides is 2. The number of likely N-dealkylation sites (tertiary alicyclic amines) is 1. The van der Waals surface area contributed by atoms with Crippen molar-refractivity contribution in [2.75, 3.05) is 52.4 Å². The maximum Gasteiger partial charge on any atom is 0.253 e. The number of carbonyl (C=O) groups is 2. The molecule has 0 spiro atoms. The first-order valence-corrected chi connectivity index (χ1v) is 12.3. The third-order valence-corrected chi connectivity index (χ3v) is 7.02. The largest absolute Gasteiger partial charge is 0.353 e. The molecule has 1 unspecified atom stereocenters. The predicted octanol–water partition coefficient (Wildman–Crippen LogP) is 3.70. The summed E-state index contributed by atoms with van der Waals surface area (Å²) in [6.07, 6.45) is 2.35. The van der Waals surface area contributed by atoms with E-state index in [2.05, 4.69) is 15.1 Å². The number of benzene rings is 2. The van der Waals surface area contributed by atoms with E-state index >= 15 is 0 Å². The first-order chi connectivity index (χ1) is 16.0. The molecule has 1 N–H and O–H groups in total. The second-order valence-corrected chi connectivity index (χ2v) is 9.51. The highest BCUT2D eigenvalue weighted by molar-refractivity contribution is 6.31. The summed E-state index contributed by atoms with van der Waals surface area (Å²) in [6, 6.07) is 15.0. The molecular weight excluding hydrogens is 459 g/mol. The Morgan fingerprint density at radius 1 is 0.909 bits per heavy atom. The van der Waals surface area contributed by atoms with Crippen LogP contribution in [-0.4, -0.2) is 78.9 Å². The molecule has 2 heterocycles. The van der Waals surface area contributed by atoms with Gasteiger partial charge in [0.15, 0.2) is 0 Å². The van der Waals surface area contributed by atoms with Crippen molar-refractivity contribution in [3.63, 3.8) is 0 Å². The van der Waals surface area contributed by atoms with E-state index in [0.717, 1.165) is 23.7 Å². The van der Waals surface area contributed by atoms with E-state index in [0.29, 0.717) is 49.9 Å². The van der Waals surface area contributed by atoms with Crippen LogP contribution in [0.2, 0.25) is 10.0 Å². The van der Waals surface area contributed by atoms with Crippen molar-refractivity contribution in [1.29, 1.82) is 0 Å². The van der Waals surface area contributed by atoms with Gasteiger partial charge in [0.2, 0.25) is 5.91 Å². The van der Waals surface area contributed by atoms with Crippen LogP contribution in [0.15, 0.2) is 48.5 Å². The zero-order valence-corrected chi connectivity index (χ0v) is 20.2. The summed E-state index contributed by atoms with van der Waals surface area (Å²) in [4.78, 5) is 31.7. The van der Waals surface area contributed by atoms with Crippen molar-refractivity contribution in [2.24, 2.45) is 0 Å². The van der Waals surface area contributed by atoms with Gasteiger partial charge in [0.05, 0.1) is 12.6 Å². The van der Waals surface area contributed by atoms with Crippen LogP contribution in [0.25, 0.3) is 0 Å². The molecule has 2 aromatic carbocycles. The number of nitrogens with zero attached hydrogens (tertiary/aromatic N) is 3. The molecule has 2 fully saturated rings. The molecule has 0 aromatic heterocycles. The highest BCUT2D eigenvalue weighted by Gasteiger charge is 2.27. The van der Waals surface area contributed by atoms with Gasteiger partial charge in [-0.2, -0.15) is 0 Å². The van der Waals surface area contributed by atoms with Gasteiger partial charge < -0.3 is 10.2 Å². The van der Waals surface area contributed by atoms with Crippen LogP contribution in [-0.2, 0) is 4.79 Å². The third-order valence-electron chi connectivity index (χ3n) is 6.44. The van der Waals surface area contributed by atoms with Gasteiger partial charge in [-0.05, 0) is 55.8 Å². The molecule has 0 radical (unpaired) electrons. The van der Waals surface area contributed by atoms with Gasteiger partial charge in [-0.25, -0.2) is 0 Å². The zero-order valence-electron chi connectivity index (χ0n) is 18.7. The number of piperazine rings is 1. The van der Waals surface area contributed by atoms with E-state index in [-0.39, 0.29) is 17.9 Å². The van der Waals surface area contributed by atoms with E-state index in [1.165, 1.54) is 12.8 Å². The fraction of sp³-hybridized carbons (Fsp3) is 0.440. The Morgan fingerprint density at radius 2 is 1.64 bits per heavy atom. The SMILES string of the molecule is O=C(CN1CCN(C(=O)c2cccc(Cl)c2)CC1)NCC(c1ccccc1Cl)N1CCCC1. The van der Waals surface area contributed by atoms with E-state index in [4.69, 9.17) is 23.2 Å². The number of nitrogens with one attached hydrogen (secondary N) is 1. The van der Waals surface area contributed by atoms with Gasteiger partial charge in [-0.3, -0.25) is 19.4 Å². The second kappa shape index (κ2) is 11.3. The molecule has 2 aliphatic rings. The van der Waals surface area contributed by atoms with Crippen LogP contribution in [0.1, 0.15) is 34.8 Å². The van der Waals surface area contributed by atoms with E-state index in [1.54, 1.807) is 24.3 Å². The quantitative estimate of drug-likeness (QED) is 0.645. The Labute approximate surface area is 205 Å². The lowest BCUT2D eigenvalue weighted by atomic mass is 10.1. The zero-order chi connectivity index (χ0) is 23.2. The Bertz CT molecular complexity index is 972. The topological polar surface area (TPSA) is 55.9 Å². The van der Waals surface area contributed by atoms with Gasteiger partial charge >= 0.3 is 0 Å². The van der Waals surface area contributed by atoms with Gasteiger partial charge in [0.25, 0.3) is 5.91 Å². The first kappa shape index (κ1) is 24.0. The van der Waals surface area contributed by atoms with E-state index in [1.807, 2.05) is 29.2 Å². The smallest absolute Gasteiger partial charge is 0.253 e. The monoisotopic (exact) mass is 488 g/mol. The standard InChI is InChI=1S/C25H30Cl2N4O2/c26-20-7-5-6-19(16-20)25(33)31-14-12-29(13-15-31)18-24(32)28-17-23(30-10-3-4-11-30)21-8-1-2-9-22(21)27/h1-2,5-9,16,23H,3-4,10-15,17-18H2,(H,28,32). The van der Waals surface area contributed by atoms with Crippen molar-refractivity contribution in [2.45, 2.75) is 18.9 Å². The Kier molecular flexibility index (Phi) is 8.25. The molecule has 2 amide bonds. The minimum absolute atomic E-state index is 0.000804. The summed E-state index contributed by atoms with van der Waals surface area (Å²) in [7, 11) is 0. The van der Waals surface area contributed by atoms with Crippen molar-refractivity contribution in [3.05, 3.63) is 69.7 Å². The average molecular weight is 489 g/mol. The number of hydrogen-bond acceptors (Lipinski definition) is 4. The second-order valence-electron chi connectivity index (χ2n) is 8.66. The van der Waals surface area contributed by atoms with Crippen molar-refractivity contribution >= 4 is 35.0 Å². The summed E-state index contributed by atoms with van der Waals surface area (Å²) < 4.78 is 0. The number of rotatable bonds is 7. The minimum Gasteiger partial charge on any atom is -0.353 e. The molecular formula is C25H30Cl2N4O2. The lowest BCUT2D eigenvalue weighted by Crippen LogP contribution is -2.51. The molecule has 2 aromatic rings. The van der Waals surface area contributed by atoms with Gasteiger partial charge in [0, 0.05) is 48.3 Å². The maximum absolute atomic E-state index is 12.7. The van der Waals surface area contributed by atoms with Crippen LogP contribution < -0.4 is 5.32 Å². The Morgan fingerprint density at radius 3 is 2.33 bits per heavy atom. The summed E-state index contributed by atoms with van der Waals surface area (Å²) in [6.45, 7) is 5.43. The van der Waals surface area contributed by atoms with Crippen LogP contribution in [0.3, 0.4) is 0 Å². The van der Waals surface area contributed by atoms with E-state index in [9.17, 15) is 9.59 Å². The molecule has 4 rings (SSSR count). The molecule has 2 aliphatic heterocycles. The lowest BCUT2D eigenvalue weighted by molar-refractivity contribution is -0.122. The van der Waals surface area contributed by atoms with Gasteiger partial charge in [0.1, 0.15) is 0 Å². The van der Waals surface area contributed by atoms with Crippen LogP contribution in [0.5, 0.6) is 0 Å². The summed E-state index contributed by atoms with van der Waals surface area (Å²) in [5.41, 5.74) is 1.66. The van der Waals surface area contributed by atoms with E-state index < -0.39 is 0 Å². The molecule has 0 aliphatic carbocycles. The summed E-state index contributed by atoms with van der Waals surface area (Å²) >= 11 is 12.5. The summed E-state index contributed by atoms with van der Waals surface area (Å²) in [5, 5.41) is 4.42. The average Bonchev–Trinajstić information content (AvgIpc) is 3.35. The molecule has 6 nitrogen and oxygen atoms in total. The predicted molar refractivity (Wildman–Crippen MR) is 132 cm³/mol. The molecule has 8 heteroatoms. The summed E-state index contributed by atoms with van der Waals surface area (Å²) in [5.74, 6) is -0.0179. The Hall–Kier alpha value is -2.12. The minimum atomic E-state index is -0.0187. The lowest BCUT2D eigenvalue weighted by Gasteiger charge is -2.34. The number of halogens is 2.